The van der Waals surface area contributed by atoms with Crippen molar-refractivity contribution in [2.24, 2.45) is 5.92 Å². The van der Waals surface area contributed by atoms with Gasteiger partial charge in [-0.25, -0.2) is 4.68 Å². The molecule has 0 amide bonds. The Morgan fingerprint density at radius 1 is 1.50 bits per heavy atom. The summed E-state index contributed by atoms with van der Waals surface area (Å²) in [6.45, 7) is 0.940. The van der Waals surface area contributed by atoms with Crippen LogP contribution in [0.2, 0.25) is 0 Å². The molecule has 1 aliphatic rings. The molecule has 0 N–H and O–H groups in total. The zero-order chi connectivity index (χ0) is 8.39. The Morgan fingerprint density at radius 3 is 2.92 bits per heavy atom. The van der Waals surface area contributed by atoms with Gasteiger partial charge in [-0.05, 0) is 29.2 Å². The number of halogens is 1. The van der Waals surface area contributed by atoms with Crippen molar-refractivity contribution in [1.82, 2.24) is 20.2 Å². The molecule has 0 spiro atoms. The van der Waals surface area contributed by atoms with E-state index in [1.807, 2.05) is 4.68 Å². The quantitative estimate of drug-likeness (QED) is 0.667. The molecule has 0 unspecified atom stereocenters. The lowest BCUT2D eigenvalue weighted by atomic mass is 9.85. The molecule has 0 aromatic carbocycles. The van der Waals surface area contributed by atoms with Crippen LogP contribution in [0.15, 0.2) is 0 Å². The summed E-state index contributed by atoms with van der Waals surface area (Å²) in [6, 6.07) is 0. The van der Waals surface area contributed by atoms with E-state index in [2.05, 4.69) is 15.5 Å². The molecule has 0 radical (unpaired) electrons. The molecule has 1 aromatic rings. The predicted molar refractivity (Wildman–Crippen MR) is 44.7 cm³/mol. The lowest BCUT2D eigenvalue weighted by Gasteiger charge is -2.24. The minimum absolute atomic E-state index is 0.402. The summed E-state index contributed by atoms with van der Waals surface area (Å²) in [7, 11) is 0. The van der Waals surface area contributed by atoms with E-state index in [9.17, 15) is 0 Å². The highest BCUT2D eigenvalue weighted by Gasteiger charge is 2.19. The highest BCUT2D eigenvalue weighted by Crippen LogP contribution is 2.27. The number of hydrogen-bond acceptors (Lipinski definition) is 3. The molecular weight excluding hydrogens is 176 g/mol. The Morgan fingerprint density at radius 2 is 2.33 bits per heavy atom. The topological polar surface area (TPSA) is 43.6 Å². The van der Waals surface area contributed by atoms with Gasteiger partial charge in [-0.1, -0.05) is 6.42 Å². The monoisotopic (exact) mass is 186 g/mol. The van der Waals surface area contributed by atoms with Crippen LogP contribution in [0.5, 0.6) is 0 Å². The van der Waals surface area contributed by atoms with E-state index in [0.717, 1.165) is 18.3 Å². The van der Waals surface area contributed by atoms with Gasteiger partial charge in [-0.15, -0.1) is 16.7 Å². The molecule has 1 fully saturated rings. The van der Waals surface area contributed by atoms with E-state index in [-0.39, 0.29) is 0 Å². The Labute approximate surface area is 75.9 Å². The minimum atomic E-state index is 0.402. The third-order valence-electron chi connectivity index (χ3n) is 2.38. The van der Waals surface area contributed by atoms with E-state index >= 15 is 0 Å². The van der Waals surface area contributed by atoms with Gasteiger partial charge in [0.2, 0.25) is 0 Å². The summed E-state index contributed by atoms with van der Waals surface area (Å²) in [5, 5.41) is 11.3. The molecule has 4 nitrogen and oxygen atoms in total. The van der Waals surface area contributed by atoms with E-state index in [1.165, 1.54) is 19.3 Å². The molecule has 0 aliphatic heterocycles. The van der Waals surface area contributed by atoms with Crippen molar-refractivity contribution < 1.29 is 0 Å². The van der Waals surface area contributed by atoms with E-state index in [1.54, 1.807) is 0 Å². The minimum Gasteiger partial charge on any atom is -0.228 e. The van der Waals surface area contributed by atoms with Gasteiger partial charge in [0.1, 0.15) is 0 Å². The lowest BCUT2D eigenvalue weighted by Crippen LogP contribution is -2.20. The number of hydrogen-bond donors (Lipinski definition) is 0. The van der Waals surface area contributed by atoms with Gasteiger partial charge in [0.25, 0.3) is 0 Å². The van der Waals surface area contributed by atoms with Crippen LogP contribution in [0.3, 0.4) is 0 Å². The standard InChI is InChI=1S/C7H11ClN4/c8-4-7-9-10-11-12(7)5-6-2-1-3-6/h6H,1-5H2. The van der Waals surface area contributed by atoms with Gasteiger partial charge in [-0.2, -0.15) is 0 Å². The van der Waals surface area contributed by atoms with Gasteiger partial charge in [0.15, 0.2) is 5.82 Å². The zero-order valence-corrected chi connectivity index (χ0v) is 7.54. The molecule has 0 saturated heterocycles. The Kier molecular flexibility index (Phi) is 2.26. The number of aromatic nitrogens is 4. The van der Waals surface area contributed by atoms with Gasteiger partial charge in [-0.3, -0.25) is 0 Å². The average molecular weight is 187 g/mol. The zero-order valence-electron chi connectivity index (χ0n) is 6.78. The molecule has 1 heterocycles. The molecule has 2 rings (SSSR count). The summed E-state index contributed by atoms with van der Waals surface area (Å²) >= 11 is 5.65. The molecular formula is C7H11ClN4. The smallest absolute Gasteiger partial charge is 0.166 e. The molecule has 1 aliphatic carbocycles. The largest absolute Gasteiger partial charge is 0.228 e. The van der Waals surface area contributed by atoms with Crippen LogP contribution >= 0.6 is 11.6 Å². The average Bonchev–Trinajstić information content (AvgIpc) is 2.43. The normalized spacial score (nSPS) is 17.8. The van der Waals surface area contributed by atoms with Crippen molar-refractivity contribution in [1.29, 1.82) is 0 Å². The highest BCUT2D eigenvalue weighted by atomic mass is 35.5. The van der Waals surface area contributed by atoms with Gasteiger partial charge in [0.05, 0.1) is 5.88 Å². The first-order valence-electron chi connectivity index (χ1n) is 4.21. The van der Waals surface area contributed by atoms with Crippen molar-refractivity contribution >= 4 is 11.6 Å². The fourth-order valence-corrected chi connectivity index (χ4v) is 1.57. The molecule has 66 valence electrons. The maximum Gasteiger partial charge on any atom is 0.166 e. The van der Waals surface area contributed by atoms with Gasteiger partial charge < -0.3 is 0 Å². The van der Waals surface area contributed by atoms with Crippen molar-refractivity contribution in [3.63, 3.8) is 0 Å². The fraction of sp³-hybridized carbons (Fsp3) is 0.857. The van der Waals surface area contributed by atoms with E-state index < -0.39 is 0 Å². The second-order valence-electron chi connectivity index (χ2n) is 3.21. The number of nitrogens with zero attached hydrogens (tertiary/aromatic N) is 4. The van der Waals surface area contributed by atoms with Crippen molar-refractivity contribution in [2.75, 3.05) is 0 Å². The van der Waals surface area contributed by atoms with Crippen LogP contribution in [0.4, 0.5) is 0 Å². The van der Waals surface area contributed by atoms with Crippen LogP contribution < -0.4 is 0 Å². The highest BCUT2D eigenvalue weighted by molar-refractivity contribution is 6.16. The number of alkyl halides is 1. The molecule has 1 saturated carbocycles. The first-order chi connectivity index (χ1) is 5.90. The van der Waals surface area contributed by atoms with E-state index in [4.69, 9.17) is 11.6 Å². The van der Waals surface area contributed by atoms with E-state index in [0.29, 0.717) is 5.88 Å². The number of rotatable bonds is 3. The Balaban J connectivity index is 2.00. The predicted octanol–water partition coefficient (Wildman–Crippen LogP) is 1.21. The van der Waals surface area contributed by atoms with Gasteiger partial charge >= 0.3 is 0 Å². The van der Waals surface area contributed by atoms with Crippen LogP contribution in [-0.2, 0) is 12.4 Å². The Hall–Kier alpha value is -0.640. The fourth-order valence-electron chi connectivity index (χ4n) is 1.38. The van der Waals surface area contributed by atoms with Crippen LogP contribution in [-0.4, -0.2) is 20.2 Å². The molecule has 0 atom stereocenters. The maximum absolute atomic E-state index is 5.65. The lowest BCUT2D eigenvalue weighted by molar-refractivity contribution is 0.262. The second-order valence-corrected chi connectivity index (χ2v) is 3.48. The third-order valence-corrected chi connectivity index (χ3v) is 2.62. The molecule has 12 heavy (non-hydrogen) atoms. The summed E-state index contributed by atoms with van der Waals surface area (Å²) in [5.41, 5.74) is 0. The SMILES string of the molecule is ClCc1nnnn1CC1CCC1. The van der Waals surface area contributed by atoms with Gasteiger partial charge in [0, 0.05) is 6.54 Å². The third kappa shape index (κ3) is 1.43. The van der Waals surface area contributed by atoms with Crippen molar-refractivity contribution in [3.8, 4) is 0 Å². The van der Waals surface area contributed by atoms with Crippen molar-refractivity contribution in [2.45, 2.75) is 31.7 Å². The first-order valence-corrected chi connectivity index (χ1v) is 4.74. The summed E-state index contributed by atoms with van der Waals surface area (Å²) in [5.74, 6) is 1.96. The van der Waals surface area contributed by atoms with Crippen LogP contribution in [0.1, 0.15) is 25.1 Å². The summed E-state index contributed by atoms with van der Waals surface area (Å²) in [4.78, 5) is 0. The second kappa shape index (κ2) is 3.39. The molecule has 1 aromatic heterocycles. The van der Waals surface area contributed by atoms with Crippen LogP contribution in [0, 0.1) is 5.92 Å². The first kappa shape index (κ1) is 7.98. The summed E-state index contributed by atoms with van der Waals surface area (Å²) < 4.78 is 1.82. The maximum atomic E-state index is 5.65. The van der Waals surface area contributed by atoms with Crippen molar-refractivity contribution in [3.05, 3.63) is 5.82 Å². The molecule has 5 heteroatoms. The summed E-state index contributed by atoms with van der Waals surface area (Å²) in [6.07, 6.45) is 3.96. The Bertz CT molecular complexity index is 256. The van der Waals surface area contributed by atoms with Crippen LogP contribution in [0.25, 0.3) is 0 Å². The molecule has 0 bridgehead atoms. The number of tetrazole rings is 1.